The Kier molecular flexibility index (Phi) is 4.59. The maximum absolute atomic E-state index is 12.9. The molecule has 1 aromatic carbocycles. The topological polar surface area (TPSA) is 20.3 Å². The lowest BCUT2D eigenvalue weighted by Gasteiger charge is -2.43. The third kappa shape index (κ3) is 3.09. The second-order valence-corrected chi connectivity index (χ2v) is 6.30. The molecule has 4 unspecified atom stereocenters. The molecule has 3 heteroatoms. The highest BCUT2D eigenvalue weighted by Gasteiger charge is 2.34. The molecule has 1 saturated heterocycles. The minimum Gasteiger partial charge on any atom is -0.292 e. The molecule has 0 aliphatic carbocycles. The molecule has 0 N–H and O–H groups in total. The smallest absolute Gasteiger partial charge is 0.179 e. The molecule has 1 fully saturated rings. The van der Waals surface area contributed by atoms with Crippen LogP contribution in [0, 0.1) is 17.7 Å². The second kappa shape index (κ2) is 6.04. The van der Waals surface area contributed by atoms with Crippen LogP contribution in [0.4, 0.5) is 4.39 Å². The van der Waals surface area contributed by atoms with Gasteiger partial charge in [0.1, 0.15) is 5.82 Å². The van der Waals surface area contributed by atoms with Gasteiger partial charge < -0.3 is 0 Å². The van der Waals surface area contributed by atoms with Crippen LogP contribution < -0.4 is 0 Å². The Labute approximate surface area is 121 Å². The van der Waals surface area contributed by atoms with Crippen LogP contribution in [0.5, 0.6) is 0 Å². The number of likely N-dealkylation sites (tertiary alicyclic amines) is 1. The third-order valence-electron chi connectivity index (χ3n) is 4.65. The summed E-state index contributed by atoms with van der Waals surface area (Å²) in [6, 6.07) is 6.12. The summed E-state index contributed by atoms with van der Waals surface area (Å²) in [6.45, 7) is 9.62. The fourth-order valence-corrected chi connectivity index (χ4v) is 3.28. The molecular weight excluding hydrogens is 253 g/mol. The van der Waals surface area contributed by atoms with E-state index in [1.165, 1.54) is 18.6 Å². The van der Waals surface area contributed by atoms with Gasteiger partial charge in [-0.15, -0.1) is 0 Å². The van der Waals surface area contributed by atoms with E-state index in [1.807, 2.05) is 6.92 Å². The van der Waals surface area contributed by atoms with E-state index >= 15 is 0 Å². The number of benzene rings is 1. The Morgan fingerprint density at radius 2 is 1.85 bits per heavy atom. The highest BCUT2D eigenvalue weighted by Crippen LogP contribution is 2.29. The van der Waals surface area contributed by atoms with Crippen molar-refractivity contribution in [1.29, 1.82) is 0 Å². The fraction of sp³-hybridized carbons (Fsp3) is 0.588. The standard InChI is InChI=1S/C17H24FNO/c1-11-9-12(2)13(3)19(10-11)14(4)17(20)15-5-7-16(18)8-6-15/h5-8,11-14H,9-10H2,1-4H3. The van der Waals surface area contributed by atoms with Gasteiger partial charge >= 0.3 is 0 Å². The first-order valence-electron chi connectivity index (χ1n) is 7.45. The SMILES string of the molecule is CC1CC(C)C(C)N(C(C)C(=O)c2ccc(F)cc2)C1. The summed E-state index contributed by atoms with van der Waals surface area (Å²) >= 11 is 0. The fourth-order valence-electron chi connectivity index (χ4n) is 3.28. The van der Waals surface area contributed by atoms with E-state index in [0.29, 0.717) is 23.4 Å². The van der Waals surface area contributed by atoms with Crippen LogP contribution in [-0.2, 0) is 0 Å². The number of halogens is 1. The number of carbonyl (C=O) groups excluding carboxylic acids is 1. The predicted octanol–water partition coefficient (Wildman–Crippen LogP) is 3.76. The molecule has 110 valence electrons. The molecule has 0 bridgehead atoms. The number of carbonyl (C=O) groups is 1. The summed E-state index contributed by atoms with van der Waals surface area (Å²) in [5, 5.41) is 0. The molecule has 0 aromatic heterocycles. The van der Waals surface area contributed by atoms with Gasteiger partial charge in [0.05, 0.1) is 6.04 Å². The minimum atomic E-state index is -0.303. The first-order chi connectivity index (χ1) is 9.40. The summed E-state index contributed by atoms with van der Waals surface area (Å²) < 4.78 is 12.9. The van der Waals surface area contributed by atoms with Crippen molar-refractivity contribution in [3.05, 3.63) is 35.6 Å². The molecule has 20 heavy (non-hydrogen) atoms. The van der Waals surface area contributed by atoms with Crippen molar-refractivity contribution >= 4 is 5.78 Å². The molecule has 2 rings (SSSR count). The number of Topliss-reactive ketones (excluding diaryl/α,β-unsaturated/α-hetero) is 1. The largest absolute Gasteiger partial charge is 0.292 e. The molecule has 0 amide bonds. The summed E-state index contributed by atoms with van der Waals surface area (Å²) in [5.74, 6) is 0.993. The average molecular weight is 277 g/mol. The summed E-state index contributed by atoms with van der Waals surface area (Å²) in [6.07, 6.45) is 1.22. The lowest BCUT2D eigenvalue weighted by atomic mass is 9.84. The van der Waals surface area contributed by atoms with Crippen LogP contribution in [0.1, 0.15) is 44.5 Å². The van der Waals surface area contributed by atoms with Crippen molar-refractivity contribution in [3.63, 3.8) is 0 Å². The van der Waals surface area contributed by atoms with E-state index in [4.69, 9.17) is 0 Å². The number of piperidine rings is 1. The van der Waals surface area contributed by atoms with Gasteiger partial charge in [-0.2, -0.15) is 0 Å². The normalized spacial score (nSPS) is 29.1. The summed E-state index contributed by atoms with van der Waals surface area (Å²) in [4.78, 5) is 14.8. The monoisotopic (exact) mass is 277 g/mol. The van der Waals surface area contributed by atoms with Crippen molar-refractivity contribution < 1.29 is 9.18 Å². The van der Waals surface area contributed by atoms with Crippen molar-refractivity contribution in [2.75, 3.05) is 6.54 Å². The van der Waals surface area contributed by atoms with Crippen molar-refractivity contribution in [2.45, 2.75) is 46.2 Å². The van der Waals surface area contributed by atoms with Gasteiger partial charge in [-0.05, 0) is 56.4 Å². The molecule has 1 aromatic rings. The number of nitrogens with zero attached hydrogens (tertiary/aromatic N) is 1. The lowest BCUT2D eigenvalue weighted by Crippen LogP contribution is -2.52. The zero-order valence-corrected chi connectivity index (χ0v) is 12.8. The number of ketones is 1. The van der Waals surface area contributed by atoms with Gasteiger partial charge in [-0.25, -0.2) is 4.39 Å². The van der Waals surface area contributed by atoms with Crippen LogP contribution in [0.2, 0.25) is 0 Å². The Morgan fingerprint density at radius 3 is 2.45 bits per heavy atom. The number of hydrogen-bond acceptors (Lipinski definition) is 2. The summed E-state index contributed by atoms with van der Waals surface area (Å²) in [5.41, 5.74) is 0.594. The quantitative estimate of drug-likeness (QED) is 0.784. The van der Waals surface area contributed by atoms with Crippen LogP contribution >= 0.6 is 0 Å². The van der Waals surface area contributed by atoms with Crippen molar-refractivity contribution in [2.24, 2.45) is 11.8 Å². The van der Waals surface area contributed by atoms with Gasteiger partial charge in [0.2, 0.25) is 0 Å². The van der Waals surface area contributed by atoms with E-state index in [2.05, 4.69) is 25.7 Å². The van der Waals surface area contributed by atoms with Gasteiger partial charge in [-0.1, -0.05) is 13.8 Å². The van der Waals surface area contributed by atoms with Crippen molar-refractivity contribution in [1.82, 2.24) is 4.90 Å². The predicted molar refractivity (Wildman–Crippen MR) is 79.3 cm³/mol. The van der Waals surface area contributed by atoms with E-state index in [-0.39, 0.29) is 17.6 Å². The Morgan fingerprint density at radius 1 is 1.25 bits per heavy atom. The average Bonchev–Trinajstić information content (AvgIpc) is 2.42. The second-order valence-electron chi connectivity index (χ2n) is 6.30. The van der Waals surface area contributed by atoms with E-state index in [9.17, 15) is 9.18 Å². The molecule has 1 heterocycles. The van der Waals surface area contributed by atoms with Gasteiger partial charge in [0.15, 0.2) is 5.78 Å². The number of rotatable bonds is 3. The molecule has 4 atom stereocenters. The van der Waals surface area contributed by atoms with E-state index in [1.54, 1.807) is 12.1 Å². The minimum absolute atomic E-state index is 0.0816. The zero-order chi connectivity index (χ0) is 14.9. The molecule has 0 radical (unpaired) electrons. The van der Waals surface area contributed by atoms with Crippen LogP contribution in [0.15, 0.2) is 24.3 Å². The van der Waals surface area contributed by atoms with Crippen molar-refractivity contribution in [3.8, 4) is 0 Å². The Bertz CT molecular complexity index is 470. The van der Waals surface area contributed by atoms with Gasteiger partial charge in [0, 0.05) is 18.2 Å². The molecule has 0 saturated carbocycles. The van der Waals surface area contributed by atoms with Crippen LogP contribution in [-0.4, -0.2) is 29.3 Å². The molecule has 2 nitrogen and oxygen atoms in total. The highest BCUT2D eigenvalue weighted by atomic mass is 19.1. The number of hydrogen-bond donors (Lipinski definition) is 0. The summed E-state index contributed by atoms with van der Waals surface area (Å²) in [7, 11) is 0. The van der Waals surface area contributed by atoms with Crippen LogP contribution in [0.3, 0.4) is 0 Å². The maximum Gasteiger partial charge on any atom is 0.179 e. The first-order valence-corrected chi connectivity index (χ1v) is 7.45. The highest BCUT2D eigenvalue weighted by molar-refractivity contribution is 5.99. The van der Waals surface area contributed by atoms with Gasteiger partial charge in [-0.3, -0.25) is 9.69 Å². The van der Waals surface area contributed by atoms with Gasteiger partial charge in [0.25, 0.3) is 0 Å². The third-order valence-corrected chi connectivity index (χ3v) is 4.65. The first kappa shape index (κ1) is 15.2. The molecule has 1 aliphatic heterocycles. The van der Waals surface area contributed by atoms with E-state index in [0.717, 1.165) is 6.54 Å². The molecule has 0 spiro atoms. The van der Waals surface area contributed by atoms with Crippen LogP contribution in [0.25, 0.3) is 0 Å². The maximum atomic E-state index is 12.9. The molecule has 1 aliphatic rings. The lowest BCUT2D eigenvalue weighted by molar-refractivity contribution is 0.0406. The Hall–Kier alpha value is -1.22. The molecular formula is C17H24FNO. The zero-order valence-electron chi connectivity index (χ0n) is 12.8. The van der Waals surface area contributed by atoms with E-state index < -0.39 is 0 Å². The Balaban J connectivity index is 2.15.